The number of aryl methyl sites for hydroxylation is 1. The van der Waals surface area contributed by atoms with Gasteiger partial charge in [0.2, 0.25) is 0 Å². The molecule has 1 aromatic heterocycles. The van der Waals surface area contributed by atoms with Gasteiger partial charge < -0.3 is 0 Å². The fourth-order valence-corrected chi connectivity index (χ4v) is 3.11. The Hall–Kier alpha value is -1.74. The van der Waals surface area contributed by atoms with E-state index in [9.17, 15) is 0 Å². The highest BCUT2D eigenvalue weighted by Gasteiger charge is 2.05. The number of nitrogens with one attached hydrogen (secondary N) is 1. The number of fused-ring (bicyclic) bond motifs is 1. The number of aromatic amines is 1. The highest BCUT2D eigenvalue weighted by Crippen LogP contribution is 2.30. The van der Waals surface area contributed by atoms with Crippen LogP contribution in [-0.4, -0.2) is 10.2 Å². The molecule has 0 amide bonds. The Kier molecular flexibility index (Phi) is 3.07. The molecule has 1 N–H and O–H groups in total. The van der Waals surface area contributed by atoms with Gasteiger partial charge in [-0.3, -0.25) is 5.10 Å². The molecule has 0 aliphatic carbocycles. The molecule has 0 atom stereocenters. The van der Waals surface area contributed by atoms with E-state index in [1.54, 1.807) is 0 Å². The first-order valence-corrected chi connectivity index (χ1v) is 6.92. The second-order valence-electron chi connectivity index (χ2n) is 4.37. The highest BCUT2D eigenvalue weighted by atomic mass is 32.2. The summed E-state index contributed by atoms with van der Waals surface area (Å²) in [4.78, 5) is 1.27. The van der Waals surface area contributed by atoms with Gasteiger partial charge in [0.1, 0.15) is 0 Å². The number of aromatic nitrogens is 2. The molecule has 3 aromatic rings. The Labute approximate surface area is 110 Å². The van der Waals surface area contributed by atoms with Crippen molar-refractivity contribution in [2.45, 2.75) is 17.6 Å². The maximum absolute atomic E-state index is 4.12. The third-order valence-corrected chi connectivity index (χ3v) is 4.00. The van der Waals surface area contributed by atoms with Crippen molar-refractivity contribution in [1.29, 1.82) is 0 Å². The average Bonchev–Trinajstić information content (AvgIpc) is 2.85. The SMILES string of the molecule is Cc1cc(SCc2ccccc2)c2[nH]ncc2c1. The van der Waals surface area contributed by atoms with Crippen molar-refractivity contribution in [3.8, 4) is 0 Å². The number of nitrogens with zero attached hydrogens (tertiary/aromatic N) is 1. The zero-order chi connectivity index (χ0) is 12.4. The molecule has 0 spiro atoms. The van der Waals surface area contributed by atoms with E-state index in [-0.39, 0.29) is 0 Å². The number of H-pyrrole nitrogens is 1. The van der Waals surface area contributed by atoms with Crippen molar-refractivity contribution in [2.24, 2.45) is 0 Å². The van der Waals surface area contributed by atoms with Gasteiger partial charge in [-0.2, -0.15) is 5.10 Å². The average molecular weight is 254 g/mol. The fourth-order valence-electron chi connectivity index (χ4n) is 2.02. The van der Waals surface area contributed by atoms with E-state index in [2.05, 4.69) is 53.5 Å². The lowest BCUT2D eigenvalue weighted by molar-refractivity contribution is 1.11. The molecule has 0 bridgehead atoms. The Morgan fingerprint density at radius 1 is 1.17 bits per heavy atom. The molecule has 0 saturated carbocycles. The summed E-state index contributed by atoms with van der Waals surface area (Å²) < 4.78 is 0. The van der Waals surface area contributed by atoms with Crippen LogP contribution in [0.2, 0.25) is 0 Å². The van der Waals surface area contributed by atoms with Crippen LogP contribution < -0.4 is 0 Å². The number of rotatable bonds is 3. The minimum absolute atomic E-state index is 0.985. The maximum atomic E-state index is 4.12. The largest absolute Gasteiger partial charge is 0.277 e. The fraction of sp³-hybridized carbons (Fsp3) is 0.133. The summed E-state index contributed by atoms with van der Waals surface area (Å²) in [7, 11) is 0. The first-order chi connectivity index (χ1) is 8.83. The van der Waals surface area contributed by atoms with Crippen molar-refractivity contribution >= 4 is 22.7 Å². The second-order valence-corrected chi connectivity index (χ2v) is 5.39. The Bertz CT molecular complexity index is 659. The minimum atomic E-state index is 0.985. The molecule has 1 heterocycles. The summed E-state index contributed by atoms with van der Waals surface area (Å²) in [5.74, 6) is 0.985. The lowest BCUT2D eigenvalue weighted by atomic mass is 10.2. The molecule has 2 aromatic carbocycles. The van der Waals surface area contributed by atoms with Crippen LogP contribution in [0, 0.1) is 6.92 Å². The zero-order valence-corrected chi connectivity index (χ0v) is 11.0. The van der Waals surface area contributed by atoms with Gasteiger partial charge in [-0.1, -0.05) is 30.3 Å². The van der Waals surface area contributed by atoms with Crippen LogP contribution in [-0.2, 0) is 5.75 Å². The third-order valence-electron chi connectivity index (χ3n) is 2.89. The maximum Gasteiger partial charge on any atom is 0.0786 e. The molecular formula is C15H14N2S. The smallest absolute Gasteiger partial charge is 0.0786 e. The van der Waals surface area contributed by atoms with Crippen LogP contribution in [0.5, 0.6) is 0 Å². The topological polar surface area (TPSA) is 28.7 Å². The predicted octanol–water partition coefficient (Wildman–Crippen LogP) is 4.16. The highest BCUT2D eigenvalue weighted by molar-refractivity contribution is 7.98. The van der Waals surface area contributed by atoms with E-state index >= 15 is 0 Å². The van der Waals surface area contributed by atoms with Gasteiger partial charge in [0.05, 0.1) is 11.7 Å². The van der Waals surface area contributed by atoms with Gasteiger partial charge in [0.15, 0.2) is 0 Å². The van der Waals surface area contributed by atoms with Crippen molar-refractivity contribution in [3.05, 3.63) is 59.8 Å². The van der Waals surface area contributed by atoms with Crippen molar-refractivity contribution in [2.75, 3.05) is 0 Å². The molecule has 0 aliphatic heterocycles. The molecular weight excluding hydrogens is 240 g/mol. The van der Waals surface area contributed by atoms with E-state index < -0.39 is 0 Å². The summed E-state index contributed by atoms with van der Waals surface area (Å²) in [6, 6.07) is 14.9. The van der Waals surface area contributed by atoms with Gasteiger partial charge >= 0.3 is 0 Å². The van der Waals surface area contributed by atoms with Gasteiger partial charge in [0.25, 0.3) is 0 Å². The summed E-state index contributed by atoms with van der Waals surface area (Å²) >= 11 is 1.85. The van der Waals surface area contributed by atoms with Gasteiger partial charge in [0, 0.05) is 16.0 Å². The predicted molar refractivity (Wildman–Crippen MR) is 76.8 cm³/mol. The van der Waals surface area contributed by atoms with E-state index in [1.807, 2.05) is 24.0 Å². The Morgan fingerprint density at radius 2 is 2.00 bits per heavy atom. The molecule has 3 rings (SSSR count). The molecule has 90 valence electrons. The minimum Gasteiger partial charge on any atom is -0.277 e. The lowest BCUT2D eigenvalue weighted by Crippen LogP contribution is -1.83. The van der Waals surface area contributed by atoms with Gasteiger partial charge in [-0.05, 0) is 30.2 Å². The number of thioether (sulfide) groups is 1. The molecule has 0 radical (unpaired) electrons. The van der Waals surface area contributed by atoms with Crippen molar-refractivity contribution < 1.29 is 0 Å². The molecule has 0 unspecified atom stereocenters. The summed E-state index contributed by atoms with van der Waals surface area (Å²) in [5.41, 5.74) is 3.76. The molecule has 0 fully saturated rings. The van der Waals surface area contributed by atoms with E-state index in [0.717, 1.165) is 11.3 Å². The lowest BCUT2D eigenvalue weighted by Gasteiger charge is -2.05. The quantitative estimate of drug-likeness (QED) is 0.711. The van der Waals surface area contributed by atoms with Gasteiger partial charge in [-0.15, -0.1) is 11.8 Å². The van der Waals surface area contributed by atoms with Gasteiger partial charge in [-0.25, -0.2) is 0 Å². The zero-order valence-electron chi connectivity index (χ0n) is 10.2. The summed E-state index contributed by atoms with van der Waals surface area (Å²) in [6.45, 7) is 2.12. The standard InChI is InChI=1S/C15H14N2S/c1-11-7-13-9-16-17-15(13)14(8-11)18-10-12-5-3-2-4-6-12/h2-9H,10H2,1H3,(H,16,17). The van der Waals surface area contributed by atoms with Crippen molar-refractivity contribution in [1.82, 2.24) is 10.2 Å². The Balaban J connectivity index is 1.88. The molecule has 0 aliphatic rings. The second kappa shape index (κ2) is 4.86. The number of benzene rings is 2. The van der Waals surface area contributed by atoms with Crippen LogP contribution in [0.3, 0.4) is 0 Å². The first-order valence-electron chi connectivity index (χ1n) is 5.93. The molecule has 3 heteroatoms. The molecule has 18 heavy (non-hydrogen) atoms. The number of hydrogen-bond donors (Lipinski definition) is 1. The van der Waals surface area contributed by atoms with Crippen LogP contribution in [0.25, 0.3) is 10.9 Å². The number of hydrogen-bond acceptors (Lipinski definition) is 2. The Morgan fingerprint density at radius 3 is 2.83 bits per heavy atom. The van der Waals surface area contributed by atoms with Crippen LogP contribution in [0.1, 0.15) is 11.1 Å². The summed E-state index contributed by atoms with van der Waals surface area (Å²) in [5, 5.41) is 8.39. The van der Waals surface area contributed by atoms with E-state index in [4.69, 9.17) is 0 Å². The first kappa shape index (κ1) is 11.4. The molecule has 0 saturated heterocycles. The van der Waals surface area contributed by atoms with Crippen LogP contribution >= 0.6 is 11.8 Å². The monoisotopic (exact) mass is 254 g/mol. The third kappa shape index (κ3) is 2.27. The van der Waals surface area contributed by atoms with Crippen LogP contribution in [0.4, 0.5) is 0 Å². The summed E-state index contributed by atoms with van der Waals surface area (Å²) in [6.07, 6.45) is 1.88. The normalized spacial score (nSPS) is 10.9. The molecule has 2 nitrogen and oxygen atoms in total. The van der Waals surface area contributed by atoms with Crippen molar-refractivity contribution in [3.63, 3.8) is 0 Å². The van der Waals surface area contributed by atoms with E-state index in [0.29, 0.717) is 0 Å². The van der Waals surface area contributed by atoms with E-state index in [1.165, 1.54) is 21.4 Å². The van der Waals surface area contributed by atoms with Crippen LogP contribution in [0.15, 0.2) is 53.6 Å².